The van der Waals surface area contributed by atoms with Gasteiger partial charge in [0, 0.05) is 0 Å². The van der Waals surface area contributed by atoms with Gasteiger partial charge >= 0.3 is 0 Å². The van der Waals surface area contributed by atoms with Gasteiger partial charge in [0.15, 0.2) is 0 Å². The molecule has 0 aliphatic carbocycles. The van der Waals surface area contributed by atoms with Crippen molar-refractivity contribution >= 4 is 12.4 Å². The van der Waals surface area contributed by atoms with Crippen LogP contribution in [0.15, 0.2) is 4.99 Å². The number of ether oxygens (including phenoxy) is 1. The summed E-state index contributed by atoms with van der Waals surface area (Å²) in [7, 11) is 1.34. The molecule has 0 saturated carbocycles. The lowest BCUT2D eigenvalue weighted by molar-refractivity contribution is -0.106. The van der Waals surface area contributed by atoms with Gasteiger partial charge in [-0.15, -0.1) is 0 Å². The van der Waals surface area contributed by atoms with Crippen molar-refractivity contribution in [1.29, 1.82) is 0 Å². The molecule has 0 bridgehead atoms. The van der Waals surface area contributed by atoms with Gasteiger partial charge in [0.2, 0.25) is 6.41 Å². The molecule has 0 spiro atoms. The summed E-state index contributed by atoms with van der Waals surface area (Å²) in [4.78, 5) is 12.5. The number of nitrogens with zero attached hydrogens (tertiary/aromatic N) is 1. The first kappa shape index (κ1) is 5.94. The van der Waals surface area contributed by atoms with Crippen LogP contribution in [0.1, 0.15) is 0 Å². The van der Waals surface area contributed by atoms with Crippen molar-refractivity contribution in [2.75, 3.05) is 7.11 Å². The number of carbonyl (C=O) groups excluding carboxylic acids is 1. The summed E-state index contributed by atoms with van der Waals surface area (Å²) in [6, 6.07) is -0.116. The van der Waals surface area contributed by atoms with Crippen LogP contribution >= 0.6 is 0 Å². The van der Waals surface area contributed by atoms with E-state index in [4.69, 9.17) is 5.73 Å². The Morgan fingerprint density at radius 2 is 2.57 bits per heavy atom. The lowest BCUT2D eigenvalue weighted by Gasteiger charge is -1.89. The molecule has 4 heteroatoms. The minimum absolute atomic E-state index is 0.116. The van der Waals surface area contributed by atoms with Gasteiger partial charge in [-0.05, 0) is 0 Å². The van der Waals surface area contributed by atoms with Crippen molar-refractivity contribution in [2.24, 2.45) is 10.7 Å². The summed E-state index contributed by atoms with van der Waals surface area (Å²) < 4.78 is 4.29. The van der Waals surface area contributed by atoms with E-state index in [-0.39, 0.29) is 6.02 Å². The SMILES string of the molecule is COC(N)=NC=O. The summed E-state index contributed by atoms with van der Waals surface area (Å²) in [5.41, 5.74) is 4.88. The second-order valence-electron chi connectivity index (χ2n) is 0.777. The third-order valence-electron chi connectivity index (χ3n) is 0.389. The Hall–Kier alpha value is -1.06. The zero-order valence-corrected chi connectivity index (χ0v) is 3.92. The van der Waals surface area contributed by atoms with Crippen LogP contribution in [0.5, 0.6) is 0 Å². The topological polar surface area (TPSA) is 64.7 Å². The second-order valence-corrected chi connectivity index (χ2v) is 0.777. The van der Waals surface area contributed by atoms with Crippen molar-refractivity contribution in [2.45, 2.75) is 0 Å². The van der Waals surface area contributed by atoms with Crippen LogP contribution in [0.4, 0.5) is 0 Å². The van der Waals surface area contributed by atoms with Gasteiger partial charge in [-0.1, -0.05) is 0 Å². The molecule has 2 N–H and O–H groups in total. The molecule has 0 atom stereocenters. The van der Waals surface area contributed by atoms with Crippen LogP contribution in [0.25, 0.3) is 0 Å². The molecule has 0 aromatic rings. The summed E-state index contributed by atoms with van der Waals surface area (Å²) in [6.45, 7) is 0. The Morgan fingerprint density at radius 1 is 2.00 bits per heavy atom. The number of methoxy groups -OCH3 is 1. The molecule has 4 nitrogen and oxygen atoms in total. The van der Waals surface area contributed by atoms with E-state index < -0.39 is 0 Å². The number of rotatable bonds is 1. The largest absolute Gasteiger partial charge is 0.468 e. The number of amides is 1. The molecule has 0 radical (unpaired) electrons. The summed E-state index contributed by atoms with van der Waals surface area (Å²) in [6.07, 6.45) is 0.318. The number of hydrogen-bond donors (Lipinski definition) is 1. The summed E-state index contributed by atoms with van der Waals surface area (Å²) in [5, 5.41) is 0. The average Bonchev–Trinajstić information content (AvgIpc) is 1.68. The van der Waals surface area contributed by atoms with E-state index in [9.17, 15) is 4.79 Å². The van der Waals surface area contributed by atoms with Crippen molar-refractivity contribution < 1.29 is 9.53 Å². The molecule has 0 aliphatic heterocycles. The fourth-order valence-electron chi connectivity index (χ4n) is 0.105. The number of hydrogen-bond acceptors (Lipinski definition) is 2. The molecule has 0 aromatic carbocycles. The van der Waals surface area contributed by atoms with E-state index in [0.717, 1.165) is 0 Å². The minimum atomic E-state index is -0.116. The normalized spacial score (nSPS) is 10.7. The van der Waals surface area contributed by atoms with Gasteiger partial charge in [0.05, 0.1) is 7.11 Å². The zero-order chi connectivity index (χ0) is 5.70. The molecule has 0 aromatic heterocycles. The number of aliphatic imine (C=N–C) groups is 1. The molecular formula is C3H6N2O2. The van der Waals surface area contributed by atoms with Crippen molar-refractivity contribution in [3.05, 3.63) is 0 Å². The smallest absolute Gasteiger partial charge is 0.289 e. The van der Waals surface area contributed by atoms with E-state index in [2.05, 4.69) is 9.73 Å². The highest BCUT2D eigenvalue weighted by molar-refractivity contribution is 5.78. The Morgan fingerprint density at radius 3 is 2.71 bits per heavy atom. The molecule has 0 unspecified atom stereocenters. The maximum Gasteiger partial charge on any atom is 0.289 e. The third kappa shape index (κ3) is 2.75. The molecule has 40 valence electrons. The number of amidine groups is 1. The maximum atomic E-state index is 9.43. The molecule has 0 saturated heterocycles. The predicted octanol–water partition coefficient (Wildman–Crippen LogP) is -0.896. The highest BCUT2D eigenvalue weighted by Crippen LogP contribution is 1.61. The average molecular weight is 102 g/mol. The Balaban J connectivity index is 3.49. The highest BCUT2D eigenvalue weighted by atomic mass is 16.5. The van der Waals surface area contributed by atoms with Crippen LogP contribution in [0.2, 0.25) is 0 Å². The first-order chi connectivity index (χ1) is 3.31. The maximum absolute atomic E-state index is 9.43. The molecule has 7 heavy (non-hydrogen) atoms. The minimum Gasteiger partial charge on any atom is -0.468 e. The lowest BCUT2D eigenvalue weighted by Crippen LogP contribution is -2.13. The highest BCUT2D eigenvalue weighted by Gasteiger charge is 1.79. The van der Waals surface area contributed by atoms with Crippen LogP contribution in [0, 0.1) is 0 Å². The van der Waals surface area contributed by atoms with E-state index in [1.165, 1.54) is 7.11 Å². The summed E-state index contributed by atoms with van der Waals surface area (Å²) >= 11 is 0. The summed E-state index contributed by atoms with van der Waals surface area (Å²) in [5.74, 6) is 0. The zero-order valence-electron chi connectivity index (χ0n) is 3.92. The van der Waals surface area contributed by atoms with E-state index >= 15 is 0 Å². The van der Waals surface area contributed by atoms with Crippen LogP contribution in [-0.4, -0.2) is 19.5 Å². The fraction of sp³-hybridized carbons (Fsp3) is 0.333. The number of nitrogens with two attached hydrogens (primary N) is 1. The van der Waals surface area contributed by atoms with Gasteiger partial charge in [-0.3, -0.25) is 4.79 Å². The molecule has 0 fully saturated rings. The van der Waals surface area contributed by atoms with E-state index in [0.29, 0.717) is 6.41 Å². The van der Waals surface area contributed by atoms with Gasteiger partial charge in [-0.2, -0.15) is 4.99 Å². The molecular weight excluding hydrogens is 96.0 g/mol. The Labute approximate surface area is 41.0 Å². The van der Waals surface area contributed by atoms with Crippen molar-refractivity contribution in [3.63, 3.8) is 0 Å². The van der Waals surface area contributed by atoms with Crippen LogP contribution in [0.3, 0.4) is 0 Å². The standard InChI is InChI=1S/C3H6N2O2/c1-7-3(4)5-2-6/h2H,1H3,(H2,4,5,6). The Kier molecular flexibility index (Phi) is 2.67. The number of carbonyl (C=O) groups is 1. The first-order valence-corrected chi connectivity index (χ1v) is 1.62. The monoisotopic (exact) mass is 102 g/mol. The van der Waals surface area contributed by atoms with Crippen LogP contribution in [-0.2, 0) is 9.53 Å². The quantitative estimate of drug-likeness (QED) is 0.265. The predicted molar refractivity (Wildman–Crippen MR) is 24.7 cm³/mol. The van der Waals surface area contributed by atoms with Gasteiger partial charge in [0.25, 0.3) is 6.02 Å². The lowest BCUT2D eigenvalue weighted by atomic mass is 11.1. The molecule has 0 aliphatic rings. The van der Waals surface area contributed by atoms with E-state index in [1.54, 1.807) is 0 Å². The van der Waals surface area contributed by atoms with Gasteiger partial charge in [0.1, 0.15) is 0 Å². The third-order valence-corrected chi connectivity index (χ3v) is 0.389. The molecule has 0 heterocycles. The first-order valence-electron chi connectivity index (χ1n) is 1.62. The van der Waals surface area contributed by atoms with Gasteiger partial charge in [-0.25, -0.2) is 0 Å². The second kappa shape index (κ2) is 3.14. The van der Waals surface area contributed by atoms with E-state index in [1.807, 2.05) is 0 Å². The van der Waals surface area contributed by atoms with Gasteiger partial charge < -0.3 is 10.5 Å². The molecule has 1 amide bonds. The van der Waals surface area contributed by atoms with Crippen LogP contribution < -0.4 is 5.73 Å². The molecule has 0 rings (SSSR count). The Bertz CT molecular complexity index is 88.9. The fourth-order valence-corrected chi connectivity index (χ4v) is 0.105. The van der Waals surface area contributed by atoms with Crippen molar-refractivity contribution in [3.8, 4) is 0 Å². The van der Waals surface area contributed by atoms with Crippen molar-refractivity contribution in [1.82, 2.24) is 0 Å².